The van der Waals surface area contributed by atoms with Gasteiger partial charge in [0.2, 0.25) is 5.95 Å². The third kappa shape index (κ3) is 4.19. The molecule has 2 fully saturated rings. The first kappa shape index (κ1) is 21.1. The molecule has 3 heterocycles. The number of anilines is 1. The first-order valence-corrected chi connectivity index (χ1v) is 11.8. The van der Waals surface area contributed by atoms with Crippen molar-refractivity contribution < 1.29 is 12.8 Å². The van der Waals surface area contributed by atoms with Crippen LogP contribution in [0.3, 0.4) is 0 Å². The van der Waals surface area contributed by atoms with Crippen molar-refractivity contribution in [3.05, 3.63) is 42.0 Å². The highest BCUT2D eigenvalue weighted by atomic mass is 32.2. The van der Waals surface area contributed by atoms with E-state index in [1.165, 1.54) is 12.1 Å². The summed E-state index contributed by atoms with van der Waals surface area (Å²) in [6.45, 7) is 2.09. The van der Waals surface area contributed by atoms with Crippen LogP contribution in [0.4, 0.5) is 10.3 Å². The van der Waals surface area contributed by atoms with E-state index in [1.807, 2.05) is 25.1 Å². The number of aromatic nitrogens is 2. The summed E-state index contributed by atoms with van der Waals surface area (Å²) in [6.07, 6.45) is 5.15. The fourth-order valence-corrected chi connectivity index (χ4v) is 6.02. The fraction of sp³-hybridized carbons (Fsp3) is 0.524. The molecular weight excluding hydrogens is 405 g/mol. The molecule has 0 bridgehead atoms. The first-order chi connectivity index (χ1) is 14.4. The zero-order valence-electron chi connectivity index (χ0n) is 17.5. The summed E-state index contributed by atoms with van der Waals surface area (Å²) in [5.74, 6) is 0.165. The Bertz CT molecular complexity index is 1010. The van der Waals surface area contributed by atoms with Crippen molar-refractivity contribution in [3.63, 3.8) is 0 Å². The molecular formula is C21H28FN5O2S. The largest absolute Gasteiger partial charge is 0.347 e. The molecule has 0 spiro atoms. The highest BCUT2D eigenvalue weighted by Gasteiger charge is 2.36. The second-order valence-corrected chi connectivity index (χ2v) is 10.1. The minimum absolute atomic E-state index is 0.0731. The number of hydrogen-bond donors (Lipinski definition) is 0. The molecule has 0 aliphatic carbocycles. The Balaban J connectivity index is 1.70. The van der Waals surface area contributed by atoms with E-state index >= 15 is 0 Å². The van der Waals surface area contributed by atoms with Crippen LogP contribution in [0.2, 0.25) is 0 Å². The lowest BCUT2D eigenvalue weighted by Gasteiger charge is -2.34. The molecule has 0 saturated carbocycles. The second-order valence-electron chi connectivity index (χ2n) is 8.18. The molecule has 1 unspecified atom stereocenters. The van der Waals surface area contributed by atoms with Crippen LogP contribution in [0.5, 0.6) is 0 Å². The topological polar surface area (TPSA) is 69.6 Å². The molecule has 0 radical (unpaired) electrons. The van der Waals surface area contributed by atoms with Crippen LogP contribution in [-0.2, 0) is 10.2 Å². The molecule has 30 heavy (non-hydrogen) atoms. The van der Waals surface area contributed by atoms with E-state index < -0.39 is 10.2 Å². The average molecular weight is 434 g/mol. The zero-order chi connectivity index (χ0) is 21.3. The van der Waals surface area contributed by atoms with Crippen molar-refractivity contribution in [2.75, 3.05) is 45.2 Å². The first-order valence-electron chi connectivity index (χ1n) is 10.4. The summed E-state index contributed by atoms with van der Waals surface area (Å²) in [7, 11) is 0.274. The normalized spacial score (nSPS) is 21.1. The van der Waals surface area contributed by atoms with Gasteiger partial charge in [-0.05, 0) is 43.4 Å². The molecule has 1 aromatic carbocycles. The van der Waals surface area contributed by atoms with Gasteiger partial charge >= 0.3 is 0 Å². The van der Waals surface area contributed by atoms with E-state index in [1.54, 1.807) is 20.9 Å². The van der Waals surface area contributed by atoms with Crippen molar-refractivity contribution in [1.82, 2.24) is 18.6 Å². The van der Waals surface area contributed by atoms with Gasteiger partial charge in [-0.25, -0.2) is 14.4 Å². The van der Waals surface area contributed by atoms with Gasteiger partial charge in [-0.2, -0.15) is 17.0 Å². The Morgan fingerprint density at radius 2 is 1.83 bits per heavy atom. The Labute approximate surface area is 177 Å². The van der Waals surface area contributed by atoms with E-state index in [9.17, 15) is 12.8 Å². The van der Waals surface area contributed by atoms with Crippen molar-refractivity contribution >= 4 is 16.2 Å². The van der Waals surface area contributed by atoms with E-state index in [0.29, 0.717) is 37.7 Å². The van der Waals surface area contributed by atoms with Crippen molar-refractivity contribution in [2.24, 2.45) is 0 Å². The Kier molecular flexibility index (Phi) is 6.04. The maximum Gasteiger partial charge on any atom is 0.281 e. The molecule has 2 aliphatic rings. The standard InChI is InChI=1S/C21H28FN5O2S/c1-25(2)21-23-14-19(16-7-5-9-18(22)13-16)20(24-21)17-8-6-12-27(15-17)30(28,29)26-10-3-4-11-26/h5,7,9,13-14,17H,3-4,6,8,10-12,15H2,1-2H3. The number of benzene rings is 1. The molecule has 162 valence electrons. The van der Waals surface area contributed by atoms with Crippen LogP contribution in [0, 0.1) is 5.82 Å². The lowest BCUT2D eigenvalue weighted by Crippen LogP contribution is -2.46. The molecule has 0 amide bonds. The summed E-state index contributed by atoms with van der Waals surface area (Å²) in [5, 5.41) is 0. The van der Waals surface area contributed by atoms with E-state index in [0.717, 1.165) is 36.9 Å². The van der Waals surface area contributed by atoms with Gasteiger partial charge in [0.15, 0.2) is 0 Å². The SMILES string of the molecule is CN(C)c1ncc(-c2cccc(F)c2)c(C2CCCN(S(=O)(=O)N3CCCC3)C2)n1. The number of rotatable bonds is 5. The maximum absolute atomic E-state index is 13.9. The van der Waals surface area contributed by atoms with Crippen LogP contribution < -0.4 is 4.90 Å². The van der Waals surface area contributed by atoms with Gasteiger partial charge in [0.1, 0.15) is 5.82 Å². The number of nitrogens with zero attached hydrogens (tertiary/aromatic N) is 5. The number of hydrogen-bond acceptors (Lipinski definition) is 5. The summed E-state index contributed by atoms with van der Waals surface area (Å²) in [5.41, 5.74) is 2.24. The van der Waals surface area contributed by atoms with Gasteiger partial charge in [0.05, 0.1) is 5.69 Å². The summed E-state index contributed by atoms with van der Waals surface area (Å²) >= 11 is 0. The summed E-state index contributed by atoms with van der Waals surface area (Å²) in [4.78, 5) is 11.0. The van der Waals surface area contributed by atoms with Crippen LogP contribution >= 0.6 is 0 Å². The van der Waals surface area contributed by atoms with Gasteiger partial charge in [0.25, 0.3) is 10.2 Å². The molecule has 1 atom stereocenters. The minimum atomic E-state index is -3.46. The zero-order valence-corrected chi connectivity index (χ0v) is 18.3. The van der Waals surface area contributed by atoms with Crippen LogP contribution in [0.1, 0.15) is 37.3 Å². The van der Waals surface area contributed by atoms with E-state index in [-0.39, 0.29) is 11.7 Å². The third-order valence-corrected chi connectivity index (χ3v) is 7.83. The summed E-state index contributed by atoms with van der Waals surface area (Å²) in [6, 6.07) is 6.38. The number of piperidine rings is 1. The quantitative estimate of drug-likeness (QED) is 0.725. The predicted molar refractivity (Wildman–Crippen MR) is 115 cm³/mol. The fourth-order valence-electron chi connectivity index (χ4n) is 4.25. The Hall–Kier alpha value is -2.10. The maximum atomic E-state index is 13.9. The van der Waals surface area contributed by atoms with Gasteiger partial charge < -0.3 is 4.90 Å². The molecule has 9 heteroatoms. The van der Waals surface area contributed by atoms with Crippen LogP contribution in [0.25, 0.3) is 11.1 Å². The Morgan fingerprint density at radius 3 is 2.53 bits per heavy atom. The highest BCUT2D eigenvalue weighted by molar-refractivity contribution is 7.86. The number of halogens is 1. The van der Waals surface area contributed by atoms with Crippen molar-refractivity contribution in [2.45, 2.75) is 31.6 Å². The second kappa shape index (κ2) is 8.56. The molecule has 4 rings (SSSR count). The van der Waals surface area contributed by atoms with Gasteiger partial charge in [0, 0.05) is 58.0 Å². The molecule has 2 saturated heterocycles. The molecule has 2 aromatic rings. The molecule has 0 N–H and O–H groups in total. The molecule has 1 aromatic heterocycles. The Morgan fingerprint density at radius 1 is 1.10 bits per heavy atom. The predicted octanol–water partition coefficient (Wildman–Crippen LogP) is 2.87. The third-order valence-electron chi connectivity index (χ3n) is 5.83. The summed E-state index contributed by atoms with van der Waals surface area (Å²) < 4.78 is 43.3. The van der Waals surface area contributed by atoms with Gasteiger partial charge in [-0.1, -0.05) is 12.1 Å². The van der Waals surface area contributed by atoms with Crippen molar-refractivity contribution in [3.8, 4) is 11.1 Å². The van der Waals surface area contributed by atoms with Gasteiger partial charge in [-0.15, -0.1) is 0 Å². The lowest BCUT2D eigenvalue weighted by atomic mass is 9.91. The monoisotopic (exact) mass is 433 g/mol. The highest BCUT2D eigenvalue weighted by Crippen LogP contribution is 2.35. The van der Waals surface area contributed by atoms with Crippen molar-refractivity contribution in [1.29, 1.82) is 0 Å². The van der Waals surface area contributed by atoms with E-state index in [4.69, 9.17) is 4.98 Å². The van der Waals surface area contributed by atoms with E-state index in [2.05, 4.69) is 4.98 Å². The van der Waals surface area contributed by atoms with Crippen LogP contribution in [0.15, 0.2) is 30.5 Å². The van der Waals surface area contributed by atoms with Gasteiger partial charge in [-0.3, -0.25) is 0 Å². The minimum Gasteiger partial charge on any atom is -0.347 e. The average Bonchev–Trinajstić information content (AvgIpc) is 3.29. The molecule has 7 nitrogen and oxygen atoms in total. The lowest BCUT2D eigenvalue weighted by molar-refractivity contribution is 0.290. The smallest absolute Gasteiger partial charge is 0.281 e. The molecule has 2 aliphatic heterocycles. The van der Waals surface area contributed by atoms with Crippen LogP contribution in [-0.4, -0.2) is 67.3 Å².